The van der Waals surface area contributed by atoms with Gasteiger partial charge in [0.1, 0.15) is 0 Å². The van der Waals surface area contributed by atoms with Crippen molar-refractivity contribution in [2.24, 2.45) is 0 Å². The van der Waals surface area contributed by atoms with Crippen molar-refractivity contribution in [3.63, 3.8) is 0 Å². The molecule has 6 nitrogen and oxygen atoms in total. The molecule has 152 valence electrons. The van der Waals surface area contributed by atoms with Crippen LogP contribution in [0, 0.1) is 0 Å². The van der Waals surface area contributed by atoms with E-state index in [1.165, 1.54) is 4.31 Å². The third-order valence-corrected chi connectivity index (χ3v) is 6.94. The molecule has 0 atom stereocenters. The van der Waals surface area contributed by atoms with Gasteiger partial charge >= 0.3 is 0 Å². The van der Waals surface area contributed by atoms with Crippen LogP contribution in [0.2, 0.25) is 0 Å². The van der Waals surface area contributed by atoms with Crippen molar-refractivity contribution in [2.75, 3.05) is 39.3 Å². The monoisotopic (exact) mass is 395 g/mol. The standard InChI is InChI=1S/C20H33N3O3S/c1-3-5-6-14-23(15-11-20(24)22-16-12-21-13-17-22)27(25,26)19-9-7-18(4-2)8-10-19/h7-10,21H,3-6,11-17H2,1-2H3. The number of rotatable bonds is 10. The van der Waals surface area contributed by atoms with Crippen LogP contribution in [0.15, 0.2) is 29.2 Å². The van der Waals surface area contributed by atoms with Gasteiger partial charge in [-0.1, -0.05) is 38.8 Å². The molecular formula is C20H33N3O3S. The fourth-order valence-electron chi connectivity index (χ4n) is 3.23. The highest BCUT2D eigenvalue weighted by molar-refractivity contribution is 7.89. The summed E-state index contributed by atoms with van der Waals surface area (Å²) in [6.07, 6.45) is 3.92. The lowest BCUT2D eigenvalue weighted by atomic mass is 10.2. The van der Waals surface area contributed by atoms with Crippen molar-refractivity contribution in [3.8, 4) is 0 Å². The molecule has 0 saturated carbocycles. The highest BCUT2D eigenvalue weighted by atomic mass is 32.2. The van der Waals surface area contributed by atoms with Gasteiger partial charge in [0.25, 0.3) is 0 Å². The average Bonchev–Trinajstić information content (AvgIpc) is 2.70. The van der Waals surface area contributed by atoms with Crippen molar-refractivity contribution in [3.05, 3.63) is 29.8 Å². The van der Waals surface area contributed by atoms with Crippen LogP contribution in [0.4, 0.5) is 0 Å². The maximum atomic E-state index is 13.1. The SMILES string of the molecule is CCCCCN(CCC(=O)N1CCNCC1)S(=O)(=O)c1ccc(CC)cc1. The molecule has 1 aliphatic heterocycles. The normalized spacial score (nSPS) is 15.3. The maximum Gasteiger partial charge on any atom is 0.243 e. The Balaban J connectivity index is 2.07. The summed E-state index contributed by atoms with van der Waals surface area (Å²) in [5, 5.41) is 3.22. The Labute approximate surface area is 164 Å². The molecule has 2 rings (SSSR count). The van der Waals surface area contributed by atoms with Gasteiger partial charge in [-0.15, -0.1) is 0 Å². The van der Waals surface area contributed by atoms with Crippen molar-refractivity contribution in [2.45, 2.75) is 50.8 Å². The van der Waals surface area contributed by atoms with E-state index in [2.05, 4.69) is 12.2 Å². The Morgan fingerprint density at radius 2 is 1.74 bits per heavy atom. The lowest BCUT2D eigenvalue weighted by Crippen LogP contribution is -2.47. The van der Waals surface area contributed by atoms with Crippen LogP contribution in [0.3, 0.4) is 0 Å². The molecule has 0 radical (unpaired) electrons. The van der Waals surface area contributed by atoms with Gasteiger partial charge in [0.05, 0.1) is 4.90 Å². The van der Waals surface area contributed by atoms with E-state index in [1.807, 2.05) is 24.0 Å². The molecule has 7 heteroatoms. The number of hydrogen-bond donors (Lipinski definition) is 1. The zero-order valence-electron chi connectivity index (χ0n) is 16.6. The van der Waals surface area contributed by atoms with E-state index in [0.29, 0.717) is 24.5 Å². The predicted octanol–water partition coefficient (Wildman–Crippen LogP) is 2.25. The number of hydrogen-bond acceptors (Lipinski definition) is 4. The van der Waals surface area contributed by atoms with Gasteiger partial charge in [-0.3, -0.25) is 4.79 Å². The minimum absolute atomic E-state index is 0.0357. The largest absolute Gasteiger partial charge is 0.340 e. The van der Waals surface area contributed by atoms with Gasteiger partial charge in [-0.25, -0.2) is 8.42 Å². The third kappa shape index (κ3) is 6.30. The minimum atomic E-state index is -3.58. The summed E-state index contributed by atoms with van der Waals surface area (Å²) >= 11 is 0. The minimum Gasteiger partial charge on any atom is -0.340 e. The number of nitrogens with zero attached hydrogens (tertiary/aromatic N) is 2. The quantitative estimate of drug-likeness (QED) is 0.617. The first-order valence-electron chi connectivity index (χ1n) is 10.1. The molecule has 0 bridgehead atoms. The van der Waals surface area contributed by atoms with Gasteiger partial charge in [0.15, 0.2) is 0 Å². The van der Waals surface area contributed by atoms with Gasteiger partial charge < -0.3 is 10.2 Å². The lowest BCUT2D eigenvalue weighted by molar-refractivity contribution is -0.131. The van der Waals surface area contributed by atoms with Crippen LogP contribution in [0.1, 0.15) is 45.1 Å². The number of unbranched alkanes of at least 4 members (excludes halogenated alkanes) is 2. The maximum absolute atomic E-state index is 13.1. The molecule has 1 aromatic rings. The number of piperazine rings is 1. The molecule has 1 aliphatic rings. The molecule has 0 spiro atoms. The molecule has 27 heavy (non-hydrogen) atoms. The smallest absolute Gasteiger partial charge is 0.243 e. The highest BCUT2D eigenvalue weighted by Gasteiger charge is 2.26. The summed E-state index contributed by atoms with van der Waals surface area (Å²) in [6, 6.07) is 7.09. The van der Waals surface area contributed by atoms with Gasteiger partial charge in [0, 0.05) is 45.7 Å². The van der Waals surface area contributed by atoms with Crippen LogP contribution in [0.5, 0.6) is 0 Å². The van der Waals surface area contributed by atoms with E-state index in [0.717, 1.165) is 44.3 Å². The number of nitrogens with one attached hydrogen (secondary N) is 1. The summed E-state index contributed by atoms with van der Waals surface area (Å²) in [7, 11) is -3.58. The van der Waals surface area contributed by atoms with E-state index >= 15 is 0 Å². The van der Waals surface area contributed by atoms with Gasteiger partial charge in [-0.05, 0) is 30.5 Å². The Hall–Kier alpha value is -1.44. The molecule has 1 amide bonds. The molecule has 0 aliphatic carbocycles. The first-order chi connectivity index (χ1) is 13.0. The second-order valence-corrected chi connectivity index (χ2v) is 8.93. The molecular weight excluding hydrogens is 362 g/mol. The Bertz CT molecular complexity index is 683. The predicted molar refractivity (Wildman–Crippen MR) is 108 cm³/mol. The topological polar surface area (TPSA) is 69.7 Å². The van der Waals surface area contributed by atoms with E-state index in [-0.39, 0.29) is 18.9 Å². The van der Waals surface area contributed by atoms with E-state index in [4.69, 9.17) is 0 Å². The molecule has 0 aromatic heterocycles. The van der Waals surface area contributed by atoms with E-state index in [9.17, 15) is 13.2 Å². The first-order valence-corrected chi connectivity index (χ1v) is 11.5. The van der Waals surface area contributed by atoms with Crippen molar-refractivity contribution in [1.29, 1.82) is 0 Å². The molecule has 1 N–H and O–H groups in total. The van der Waals surface area contributed by atoms with Crippen molar-refractivity contribution < 1.29 is 13.2 Å². The molecule has 0 unspecified atom stereocenters. The number of benzene rings is 1. The number of carbonyl (C=O) groups is 1. The summed E-state index contributed by atoms with van der Waals surface area (Å²) < 4.78 is 27.7. The van der Waals surface area contributed by atoms with Crippen molar-refractivity contribution >= 4 is 15.9 Å². The Morgan fingerprint density at radius 3 is 2.33 bits per heavy atom. The van der Waals surface area contributed by atoms with Crippen LogP contribution >= 0.6 is 0 Å². The van der Waals surface area contributed by atoms with Crippen LogP contribution in [-0.4, -0.2) is 62.8 Å². The number of aryl methyl sites for hydroxylation is 1. The van der Waals surface area contributed by atoms with Crippen LogP contribution in [0.25, 0.3) is 0 Å². The van der Waals surface area contributed by atoms with Gasteiger partial charge in [-0.2, -0.15) is 4.31 Å². The fraction of sp³-hybridized carbons (Fsp3) is 0.650. The van der Waals surface area contributed by atoms with E-state index in [1.54, 1.807) is 12.1 Å². The molecule has 1 aromatic carbocycles. The number of sulfonamides is 1. The number of carbonyl (C=O) groups excluding carboxylic acids is 1. The summed E-state index contributed by atoms with van der Waals surface area (Å²) in [6.45, 7) is 7.82. The van der Waals surface area contributed by atoms with Crippen LogP contribution < -0.4 is 5.32 Å². The third-order valence-electron chi connectivity index (χ3n) is 5.03. The zero-order chi connectivity index (χ0) is 19.7. The molecule has 1 fully saturated rings. The number of amides is 1. The van der Waals surface area contributed by atoms with Gasteiger partial charge in [0.2, 0.25) is 15.9 Å². The average molecular weight is 396 g/mol. The lowest BCUT2D eigenvalue weighted by Gasteiger charge is -2.29. The summed E-state index contributed by atoms with van der Waals surface area (Å²) in [4.78, 5) is 14.6. The highest BCUT2D eigenvalue weighted by Crippen LogP contribution is 2.18. The second-order valence-electron chi connectivity index (χ2n) is 6.99. The summed E-state index contributed by atoms with van der Waals surface area (Å²) in [5.74, 6) is 0.0357. The van der Waals surface area contributed by atoms with E-state index < -0.39 is 10.0 Å². The zero-order valence-corrected chi connectivity index (χ0v) is 17.4. The molecule has 1 saturated heterocycles. The molecule has 1 heterocycles. The van der Waals surface area contributed by atoms with Crippen LogP contribution in [-0.2, 0) is 21.2 Å². The second kappa shape index (κ2) is 10.8. The summed E-state index contributed by atoms with van der Waals surface area (Å²) in [5.41, 5.74) is 1.11. The van der Waals surface area contributed by atoms with Crippen molar-refractivity contribution in [1.82, 2.24) is 14.5 Å². The Morgan fingerprint density at radius 1 is 1.07 bits per heavy atom. The Kier molecular flexibility index (Phi) is 8.73. The first kappa shape index (κ1) is 21.9. The fourth-order valence-corrected chi connectivity index (χ4v) is 4.71.